The van der Waals surface area contributed by atoms with Gasteiger partial charge in [-0.3, -0.25) is 4.94 Å². The van der Waals surface area contributed by atoms with Crippen molar-refractivity contribution in [2.45, 2.75) is 11.3 Å². The molecule has 3 N–H and O–H groups in total. The van der Waals surface area contributed by atoms with Crippen molar-refractivity contribution in [2.24, 2.45) is 10.9 Å². The number of amidine groups is 1. The van der Waals surface area contributed by atoms with Gasteiger partial charge in [0.05, 0.1) is 10.6 Å². The molecular formula is C15H13F4N3O4S. The maximum absolute atomic E-state index is 12.8. The van der Waals surface area contributed by atoms with Crippen LogP contribution in [0.2, 0.25) is 0 Å². The second kappa shape index (κ2) is 8.12. The van der Waals surface area contributed by atoms with Crippen molar-refractivity contribution in [2.75, 3.05) is 11.2 Å². The third-order valence-electron chi connectivity index (χ3n) is 2.92. The molecule has 0 aliphatic heterocycles. The second-order valence-electron chi connectivity index (χ2n) is 5.06. The lowest BCUT2D eigenvalue weighted by molar-refractivity contribution is -0.274. The molecule has 0 aliphatic carbocycles. The van der Waals surface area contributed by atoms with E-state index < -0.39 is 39.4 Å². The largest absolute Gasteiger partial charge is 0.573 e. The van der Waals surface area contributed by atoms with Crippen molar-refractivity contribution in [3.8, 4) is 5.75 Å². The van der Waals surface area contributed by atoms with Crippen LogP contribution in [0.1, 0.15) is 0 Å². The van der Waals surface area contributed by atoms with Gasteiger partial charge in [0, 0.05) is 0 Å². The normalized spacial score (nSPS) is 12.5. The third-order valence-corrected chi connectivity index (χ3v) is 4.59. The molecule has 0 fully saturated rings. The van der Waals surface area contributed by atoms with Crippen LogP contribution in [-0.2, 0) is 14.8 Å². The highest BCUT2D eigenvalue weighted by molar-refractivity contribution is 7.92. The maximum Gasteiger partial charge on any atom is 0.573 e. The Balaban J connectivity index is 1.91. The first-order chi connectivity index (χ1) is 12.5. The summed E-state index contributed by atoms with van der Waals surface area (Å²) in [6.45, 7) is 0. The van der Waals surface area contributed by atoms with Gasteiger partial charge in [-0.2, -0.15) is 5.48 Å². The topological polar surface area (TPSA) is 103 Å². The molecule has 2 rings (SSSR count). The lowest BCUT2D eigenvalue weighted by Gasteiger charge is -2.09. The number of sulfone groups is 1. The molecule has 0 heterocycles. The van der Waals surface area contributed by atoms with E-state index in [0.717, 1.165) is 36.4 Å². The molecule has 0 saturated heterocycles. The molecular weight excluding hydrogens is 394 g/mol. The minimum atomic E-state index is -4.81. The van der Waals surface area contributed by atoms with Gasteiger partial charge in [-0.25, -0.2) is 12.8 Å². The zero-order valence-electron chi connectivity index (χ0n) is 13.4. The number of nitrogens with two attached hydrogens (primary N) is 1. The Labute approximate surface area is 151 Å². The second-order valence-corrected chi connectivity index (χ2v) is 7.05. The first-order valence-electron chi connectivity index (χ1n) is 7.14. The van der Waals surface area contributed by atoms with Crippen LogP contribution >= 0.6 is 0 Å². The highest BCUT2D eigenvalue weighted by Gasteiger charge is 2.30. The monoisotopic (exact) mass is 407 g/mol. The summed E-state index contributed by atoms with van der Waals surface area (Å²) in [5, 5.41) is 3.35. The minimum absolute atomic E-state index is 0.143. The van der Waals surface area contributed by atoms with Gasteiger partial charge in [0.2, 0.25) is 0 Å². The van der Waals surface area contributed by atoms with Crippen LogP contribution in [0.25, 0.3) is 0 Å². The Kier molecular flexibility index (Phi) is 6.10. The standard InChI is InChI=1S/C15H13F4N3O4S/c16-10-1-7-13(8-2-10)27(23,24)9-14(20)22-26-21-11-3-5-12(6-4-11)25-15(17,18)19/h1-8,21H,9H2,(H2,20,22). The average molecular weight is 407 g/mol. The highest BCUT2D eigenvalue weighted by atomic mass is 32.2. The van der Waals surface area contributed by atoms with Crippen LogP contribution in [0.4, 0.5) is 23.2 Å². The molecule has 7 nitrogen and oxygen atoms in total. The summed E-state index contributed by atoms with van der Waals surface area (Å²) >= 11 is 0. The number of rotatable bonds is 7. The van der Waals surface area contributed by atoms with Crippen molar-refractivity contribution >= 4 is 21.4 Å². The lowest BCUT2D eigenvalue weighted by atomic mass is 10.3. The van der Waals surface area contributed by atoms with Gasteiger partial charge in [-0.1, -0.05) is 0 Å². The molecule has 0 unspecified atom stereocenters. The lowest BCUT2D eigenvalue weighted by Crippen LogP contribution is -2.24. The van der Waals surface area contributed by atoms with Gasteiger partial charge in [-0.05, 0) is 53.7 Å². The number of halogens is 4. The third kappa shape index (κ3) is 6.66. The zero-order chi connectivity index (χ0) is 20.1. The van der Waals surface area contributed by atoms with E-state index in [1.807, 2.05) is 0 Å². The molecule has 0 amide bonds. The molecule has 0 aromatic heterocycles. The minimum Gasteiger partial charge on any atom is -0.406 e. The Morgan fingerprint density at radius 1 is 1.07 bits per heavy atom. The summed E-state index contributed by atoms with van der Waals surface area (Å²) in [7, 11) is -3.85. The number of benzene rings is 2. The van der Waals surface area contributed by atoms with Crippen LogP contribution in [0, 0.1) is 5.82 Å². The van der Waals surface area contributed by atoms with Crippen LogP contribution in [0.15, 0.2) is 58.6 Å². The number of nitrogens with zero attached hydrogens (tertiary/aromatic N) is 1. The predicted octanol–water partition coefficient (Wildman–Crippen LogP) is 2.81. The maximum atomic E-state index is 12.8. The van der Waals surface area contributed by atoms with Crippen molar-refractivity contribution < 1.29 is 35.7 Å². The van der Waals surface area contributed by atoms with Crippen LogP contribution < -0.4 is 16.0 Å². The number of nitrogens with one attached hydrogen (secondary N) is 1. The molecule has 0 atom stereocenters. The van der Waals surface area contributed by atoms with Gasteiger partial charge in [0.1, 0.15) is 17.3 Å². The van der Waals surface area contributed by atoms with Crippen molar-refractivity contribution in [1.82, 2.24) is 0 Å². The highest BCUT2D eigenvalue weighted by Crippen LogP contribution is 2.23. The van der Waals surface area contributed by atoms with E-state index in [4.69, 9.17) is 5.73 Å². The predicted molar refractivity (Wildman–Crippen MR) is 87.9 cm³/mol. The molecule has 0 spiro atoms. The fourth-order valence-electron chi connectivity index (χ4n) is 1.81. The average Bonchev–Trinajstić information content (AvgIpc) is 2.55. The summed E-state index contributed by atoms with van der Waals surface area (Å²) in [6.07, 6.45) is -4.81. The summed E-state index contributed by atoms with van der Waals surface area (Å²) in [4.78, 5) is 4.51. The van der Waals surface area contributed by atoms with E-state index in [9.17, 15) is 26.0 Å². The molecule has 0 aliphatic rings. The van der Waals surface area contributed by atoms with Gasteiger partial charge < -0.3 is 10.5 Å². The molecule has 0 radical (unpaired) electrons. The first kappa shape index (κ1) is 20.3. The van der Waals surface area contributed by atoms with E-state index in [0.29, 0.717) is 0 Å². The first-order valence-corrected chi connectivity index (χ1v) is 8.79. The SMILES string of the molecule is N/C(CS(=O)(=O)c1ccc(F)cc1)=N\ONc1ccc(OC(F)(F)F)cc1. The Morgan fingerprint density at radius 3 is 2.22 bits per heavy atom. The number of ether oxygens (including phenoxy) is 1. The van der Waals surface area contributed by atoms with E-state index in [1.54, 1.807) is 0 Å². The zero-order valence-corrected chi connectivity index (χ0v) is 14.2. The summed E-state index contributed by atoms with van der Waals surface area (Å²) < 4.78 is 76.8. The fourth-order valence-corrected chi connectivity index (χ4v) is 2.96. The van der Waals surface area contributed by atoms with Gasteiger partial charge in [0.25, 0.3) is 0 Å². The molecule has 0 bridgehead atoms. The van der Waals surface area contributed by atoms with Gasteiger partial charge >= 0.3 is 6.36 Å². The fraction of sp³-hybridized carbons (Fsp3) is 0.133. The summed E-state index contributed by atoms with van der Waals surface area (Å²) in [5.41, 5.74) is 7.93. The molecule has 0 saturated carbocycles. The van der Waals surface area contributed by atoms with Gasteiger partial charge in [0.15, 0.2) is 15.7 Å². The van der Waals surface area contributed by atoms with E-state index in [-0.39, 0.29) is 10.6 Å². The molecule has 12 heteroatoms. The number of oxime groups is 1. The van der Waals surface area contributed by atoms with Crippen molar-refractivity contribution in [1.29, 1.82) is 0 Å². The Bertz CT molecular complexity index is 898. The number of hydrogen-bond acceptors (Lipinski definition) is 6. The van der Waals surface area contributed by atoms with E-state index in [1.165, 1.54) is 12.1 Å². The summed E-state index contributed by atoms with van der Waals surface area (Å²) in [6, 6.07) is 8.64. The molecule has 2 aromatic rings. The van der Waals surface area contributed by atoms with Crippen molar-refractivity contribution in [3.05, 3.63) is 54.3 Å². The van der Waals surface area contributed by atoms with E-state index in [2.05, 4.69) is 20.3 Å². The number of hydrogen-bond donors (Lipinski definition) is 2. The van der Waals surface area contributed by atoms with Crippen molar-refractivity contribution in [3.63, 3.8) is 0 Å². The summed E-state index contributed by atoms with van der Waals surface area (Å²) in [5.74, 6) is -2.10. The smallest absolute Gasteiger partial charge is 0.406 e. The molecule has 2 aromatic carbocycles. The van der Waals surface area contributed by atoms with Crippen LogP contribution in [0.3, 0.4) is 0 Å². The number of alkyl halides is 3. The number of anilines is 1. The molecule has 146 valence electrons. The van der Waals surface area contributed by atoms with Crippen LogP contribution in [0.5, 0.6) is 5.75 Å². The Morgan fingerprint density at radius 2 is 1.67 bits per heavy atom. The van der Waals surface area contributed by atoms with E-state index >= 15 is 0 Å². The van der Waals surface area contributed by atoms with Crippen LogP contribution in [-0.4, -0.2) is 26.4 Å². The quantitative estimate of drug-likeness (QED) is 0.241. The van der Waals surface area contributed by atoms with Gasteiger partial charge in [-0.15, -0.1) is 13.2 Å². The Hall–Kier alpha value is -3.02. The molecule has 27 heavy (non-hydrogen) atoms.